The maximum atomic E-state index is 10.7. The Labute approximate surface area is 133 Å². The monoisotopic (exact) mass is 308 g/mol. The third-order valence-corrected chi connectivity index (χ3v) is 3.40. The second-order valence-electron chi connectivity index (χ2n) is 5.11. The van der Waals surface area contributed by atoms with Crippen LogP contribution in [0.1, 0.15) is 0 Å². The van der Waals surface area contributed by atoms with Crippen molar-refractivity contribution in [3.05, 3.63) is 83.0 Å². The van der Waals surface area contributed by atoms with E-state index in [1.165, 1.54) is 12.1 Å². The molecule has 0 unspecified atom stereocenters. The molecule has 3 rings (SSSR count). The van der Waals surface area contributed by atoms with E-state index in [1.807, 2.05) is 48.6 Å². The van der Waals surface area contributed by atoms with Crippen LogP contribution in [0.15, 0.2) is 77.9 Å². The van der Waals surface area contributed by atoms with Crippen LogP contribution in [0.4, 0.5) is 11.4 Å². The zero-order chi connectivity index (χ0) is 16.1. The Morgan fingerprint density at radius 1 is 1.00 bits per heavy atom. The summed E-state index contributed by atoms with van der Waals surface area (Å²) in [6.07, 6.45) is 15.9. The fourth-order valence-electron chi connectivity index (χ4n) is 2.25. The van der Waals surface area contributed by atoms with E-state index in [4.69, 9.17) is 0 Å². The topological polar surface area (TPSA) is 79.6 Å². The Bertz CT molecular complexity index is 705. The number of nitrogens with one attached hydrogen (secondary N) is 2. The van der Waals surface area contributed by atoms with Gasteiger partial charge in [-0.1, -0.05) is 48.6 Å². The Morgan fingerprint density at radius 3 is 2.22 bits per heavy atom. The lowest BCUT2D eigenvalue weighted by Crippen LogP contribution is -2.37. The molecule has 0 saturated carbocycles. The molecular formula is C17H16N4O2. The molecule has 0 fully saturated rings. The molecule has 6 heteroatoms. The van der Waals surface area contributed by atoms with E-state index in [0.29, 0.717) is 5.96 Å². The molecule has 2 aliphatic carbocycles. The lowest BCUT2D eigenvalue weighted by Gasteiger charge is -2.16. The van der Waals surface area contributed by atoms with Crippen molar-refractivity contribution in [3.8, 4) is 0 Å². The third-order valence-electron chi connectivity index (χ3n) is 3.40. The second kappa shape index (κ2) is 6.74. The van der Waals surface area contributed by atoms with Crippen LogP contribution in [0.5, 0.6) is 0 Å². The molecule has 0 heterocycles. The summed E-state index contributed by atoms with van der Waals surface area (Å²) in [5.41, 5.74) is 0.795. The molecule has 2 aliphatic rings. The van der Waals surface area contributed by atoms with E-state index in [0.717, 1.165) is 5.69 Å². The van der Waals surface area contributed by atoms with Crippen molar-refractivity contribution in [3.63, 3.8) is 0 Å². The number of nitrogens with zero attached hydrogens (tertiary/aromatic N) is 2. The van der Waals surface area contributed by atoms with Crippen LogP contribution in [-0.2, 0) is 0 Å². The predicted molar refractivity (Wildman–Crippen MR) is 91.4 cm³/mol. The van der Waals surface area contributed by atoms with Crippen molar-refractivity contribution in [2.24, 2.45) is 4.99 Å². The highest BCUT2D eigenvalue weighted by Crippen LogP contribution is 2.16. The molecule has 0 atom stereocenters. The SMILES string of the molecule is O=[N+]([O-])c1ccc(NC(=NC2C=CC=C2)NC2C=CC=C2)cc1. The Hall–Kier alpha value is -3.15. The van der Waals surface area contributed by atoms with Gasteiger partial charge in [-0.05, 0) is 12.1 Å². The standard InChI is InChI=1S/C17H16N4O2/c22-21(23)16-11-9-15(10-12-16)20-17(18-13-5-1-2-6-13)19-14-7-3-4-8-14/h1-14H,(H2,18,19,20). The summed E-state index contributed by atoms with van der Waals surface area (Å²) in [6, 6.07) is 6.31. The van der Waals surface area contributed by atoms with E-state index in [-0.39, 0.29) is 17.8 Å². The summed E-state index contributed by atoms with van der Waals surface area (Å²) in [6.45, 7) is 0. The van der Waals surface area contributed by atoms with E-state index in [2.05, 4.69) is 15.6 Å². The number of hydrogen-bond acceptors (Lipinski definition) is 3. The number of nitro benzene ring substituents is 1. The second-order valence-corrected chi connectivity index (χ2v) is 5.11. The molecule has 0 aromatic heterocycles. The van der Waals surface area contributed by atoms with Gasteiger partial charge in [0.15, 0.2) is 5.96 Å². The maximum Gasteiger partial charge on any atom is 0.269 e. The molecule has 0 amide bonds. The van der Waals surface area contributed by atoms with Crippen molar-refractivity contribution >= 4 is 17.3 Å². The van der Waals surface area contributed by atoms with Gasteiger partial charge in [0, 0.05) is 17.8 Å². The molecule has 0 radical (unpaired) electrons. The zero-order valence-electron chi connectivity index (χ0n) is 12.3. The van der Waals surface area contributed by atoms with E-state index in [1.54, 1.807) is 12.1 Å². The molecule has 0 aliphatic heterocycles. The van der Waals surface area contributed by atoms with Crippen molar-refractivity contribution < 1.29 is 4.92 Å². The van der Waals surface area contributed by atoms with Gasteiger partial charge < -0.3 is 10.6 Å². The van der Waals surface area contributed by atoms with Crippen LogP contribution < -0.4 is 10.6 Å². The number of non-ortho nitro benzene ring substituents is 1. The van der Waals surface area contributed by atoms with E-state index < -0.39 is 4.92 Å². The van der Waals surface area contributed by atoms with Gasteiger partial charge in [0.1, 0.15) is 0 Å². The summed E-state index contributed by atoms with van der Waals surface area (Å²) in [7, 11) is 0. The number of aliphatic imine (C=N–C) groups is 1. The van der Waals surface area contributed by atoms with E-state index >= 15 is 0 Å². The number of rotatable bonds is 4. The Balaban J connectivity index is 1.75. The molecule has 1 aromatic rings. The fourth-order valence-corrected chi connectivity index (χ4v) is 2.25. The maximum absolute atomic E-state index is 10.7. The number of hydrogen-bond donors (Lipinski definition) is 2. The van der Waals surface area contributed by atoms with Crippen LogP contribution in [-0.4, -0.2) is 23.0 Å². The molecule has 0 spiro atoms. The number of allylic oxidation sites excluding steroid dienone is 4. The highest BCUT2D eigenvalue weighted by Gasteiger charge is 2.11. The predicted octanol–water partition coefficient (Wildman–Crippen LogP) is 2.94. The van der Waals surface area contributed by atoms with Crippen LogP contribution in [0.25, 0.3) is 0 Å². The quantitative estimate of drug-likeness (QED) is 0.388. The molecule has 0 saturated heterocycles. The van der Waals surface area contributed by atoms with Gasteiger partial charge in [0.05, 0.1) is 17.0 Å². The molecule has 0 bridgehead atoms. The van der Waals surface area contributed by atoms with Gasteiger partial charge in [0.25, 0.3) is 5.69 Å². The van der Waals surface area contributed by atoms with E-state index in [9.17, 15) is 10.1 Å². The van der Waals surface area contributed by atoms with Crippen molar-refractivity contribution in [1.82, 2.24) is 5.32 Å². The van der Waals surface area contributed by atoms with Gasteiger partial charge in [0.2, 0.25) is 0 Å². The van der Waals surface area contributed by atoms with Gasteiger partial charge in [-0.2, -0.15) is 0 Å². The van der Waals surface area contributed by atoms with Crippen LogP contribution in [0.2, 0.25) is 0 Å². The first-order chi connectivity index (χ1) is 11.2. The summed E-state index contributed by atoms with van der Waals surface area (Å²) in [5.74, 6) is 0.612. The number of benzene rings is 1. The van der Waals surface area contributed by atoms with Crippen LogP contribution >= 0.6 is 0 Å². The minimum Gasteiger partial charge on any atom is -0.346 e. The van der Waals surface area contributed by atoms with Crippen molar-refractivity contribution in [2.45, 2.75) is 12.1 Å². The van der Waals surface area contributed by atoms with Gasteiger partial charge in [-0.3, -0.25) is 10.1 Å². The normalized spacial score (nSPS) is 17.1. The van der Waals surface area contributed by atoms with Gasteiger partial charge >= 0.3 is 0 Å². The highest BCUT2D eigenvalue weighted by molar-refractivity contribution is 5.94. The molecule has 116 valence electrons. The smallest absolute Gasteiger partial charge is 0.269 e. The number of guanidine groups is 1. The summed E-state index contributed by atoms with van der Waals surface area (Å²) in [5, 5.41) is 17.2. The highest BCUT2D eigenvalue weighted by atomic mass is 16.6. The fraction of sp³-hybridized carbons (Fsp3) is 0.118. The zero-order valence-corrected chi connectivity index (χ0v) is 12.3. The lowest BCUT2D eigenvalue weighted by molar-refractivity contribution is -0.384. The number of anilines is 1. The summed E-state index contributed by atoms with van der Waals surface area (Å²) < 4.78 is 0. The van der Waals surface area contributed by atoms with Gasteiger partial charge in [-0.25, -0.2) is 4.99 Å². The van der Waals surface area contributed by atoms with Crippen LogP contribution in [0.3, 0.4) is 0 Å². The van der Waals surface area contributed by atoms with Crippen molar-refractivity contribution in [2.75, 3.05) is 5.32 Å². The first-order valence-electron chi connectivity index (χ1n) is 7.26. The molecule has 23 heavy (non-hydrogen) atoms. The largest absolute Gasteiger partial charge is 0.346 e. The minimum atomic E-state index is -0.417. The molecule has 2 N–H and O–H groups in total. The average molecular weight is 308 g/mol. The first kappa shape index (κ1) is 14.8. The summed E-state index contributed by atoms with van der Waals surface area (Å²) >= 11 is 0. The van der Waals surface area contributed by atoms with Crippen LogP contribution in [0, 0.1) is 10.1 Å². The molecule has 1 aromatic carbocycles. The molecular weight excluding hydrogens is 292 g/mol. The number of nitro groups is 1. The Morgan fingerprint density at radius 2 is 1.61 bits per heavy atom. The first-order valence-corrected chi connectivity index (χ1v) is 7.26. The minimum absolute atomic E-state index is 0.0163. The lowest BCUT2D eigenvalue weighted by atomic mass is 10.3. The average Bonchev–Trinajstić information content (AvgIpc) is 3.21. The van der Waals surface area contributed by atoms with Gasteiger partial charge in [-0.15, -0.1) is 0 Å². The third kappa shape index (κ3) is 3.94. The summed E-state index contributed by atoms with van der Waals surface area (Å²) in [4.78, 5) is 14.9. The van der Waals surface area contributed by atoms with Crippen molar-refractivity contribution in [1.29, 1.82) is 0 Å². The molecule has 6 nitrogen and oxygen atoms in total. The Kier molecular flexibility index (Phi) is 4.33.